The molecular formula is C23H26ClF4N7O4S. The maximum Gasteiger partial charge on any atom is 0.416 e. The highest BCUT2D eigenvalue weighted by Gasteiger charge is 2.40. The molecular weight excluding hydrogens is 582 g/mol. The van der Waals surface area contributed by atoms with Crippen LogP contribution in [0.3, 0.4) is 0 Å². The van der Waals surface area contributed by atoms with Crippen molar-refractivity contribution in [2.75, 3.05) is 43.6 Å². The molecule has 1 atom stereocenters. The van der Waals surface area contributed by atoms with E-state index in [9.17, 15) is 26.0 Å². The molecule has 1 unspecified atom stereocenters. The Hall–Kier alpha value is -3.37. The maximum atomic E-state index is 14.9. The molecule has 5 N–H and O–H groups in total. The summed E-state index contributed by atoms with van der Waals surface area (Å²) in [5.74, 6) is -1.25. The SMILES string of the molecule is COc1nc2c(c(N3CCCN/C(=C(Cl)\C(N)=N\S(C)(=O)=O)C3)n1)COC(c1c(C(F)(F)F)ccc(N)c1F)C2. The Morgan fingerprint density at radius 1 is 1.32 bits per heavy atom. The minimum absolute atomic E-state index is 0.0644. The number of benzene rings is 1. The number of nitrogens with one attached hydrogen (secondary N) is 1. The number of alkyl halides is 3. The monoisotopic (exact) mass is 607 g/mol. The molecule has 0 amide bonds. The summed E-state index contributed by atoms with van der Waals surface area (Å²) < 4.78 is 93.7. The number of halogens is 5. The number of nitrogens with zero attached hydrogens (tertiary/aromatic N) is 4. The summed E-state index contributed by atoms with van der Waals surface area (Å²) in [7, 11) is -2.48. The number of hydrogen-bond donors (Lipinski definition) is 3. The van der Waals surface area contributed by atoms with Crippen LogP contribution in [-0.2, 0) is 34.0 Å². The van der Waals surface area contributed by atoms with Crippen molar-refractivity contribution in [1.29, 1.82) is 0 Å². The summed E-state index contributed by atoms with van der Waals surface area (Å²) in [6.07, 6.45) is -4.91. The Balaban J connectivity index is 1.75. The number of rotatable bonds is 5. The van der Waals surface area contributed by atoms with Crippen molar-refractivity contribution in [1.82, 2.24) is 15.3 Å². The van der Waals surface area contributed by atoms with Crippen LogP contribution in [0.4, 0.5) is 29.1 Å². The molecule has 2 aromatic rings. The number of ether oxygens (including phenoxy) is 2. The van der Waals surface area contributed by atoms with Crippen LogP contribution >= 0.6 is 11.6 Å². The smallest absolute Gasteiger partial charge is 0.416 e. The molecule has 17 heteroatoms. The summed E-state index contributed by atoms with van der Waals surface area (Å²) in [5.41, 5.74) is 10.2. The van der Waals surface area contributed by atoms with Gasteiger partial charge in [0, 0.05) is 30.6 Å². The molecule has 2 aliphatic heterocycles. The Labute approximate surface area is 232 Å². The van der Waals surface area contributed by atoms with Gasteiger partial charge < -0.3 is 31.2 Å². The summed E-state index contributed by atoms with van der Waals surface area (Å²) in [5, 5.41) is 3.00. The highest BCUT2D eigenvalue weighted by molar-refractivity contribution is 7.89. The van der Waals surface area contributed by atoms with Crippen molar-refractivity contribution in [3.63, 3.8) is 0 Å². The molecule has 218 valence electrons. The molecule has 1 saturated heterocycles. The van der Waals surface area contributed by atoms with Crippen LogP contribution in [-0.4, -0.2) is 57.2 Å². The second kappa shape index (κ2) is 11.2. The molecule has 0 saturated carbocycles. The van der Waals surface area contributed by atoms with Crippen LogP contribution in [0.15, 0.2) is 27.3 Å². The predicted octanol–water partition coefficient (Wildman–Crippen LogP) is 2.61. The fraction of sp³-hybridized carbons (Fsp3) is 0.435. The molecule has 4 rings (SSSR count). The average molecular weight is 608 g/mol. The molecule has 0 aliphatic carbocycles. The van der Waals surface area contributed by atoms with E-state index in [-0.39, 0.29) is 30.6 Å². The van der Waals surface area contributed by atoms with Gasteiger partial charge in [0.2, 0.25) is 0 Å². The van der Waals surface area contributed by atoms with Crippen LogP contribution in [0.2, 0.25) is 0 Å². The molecule has 0 spiro atoms. The minimum Gasteiger partial charge on any atom is -0.467 e. The van der Waals surface area contributed by atoms with Gasteiger partial charge in [0.25, 0.3) is 10.0 Å². The van der Waals surface area contributed by atoms with Crippen molar-refractivity contribution in [2.24, 2.45) is 10.1 Å². The summed E-state index contributed by atoms with van der Waals surface area (Å²) in [6, 6.07) is 1.52. The number of sulfonamides is 1. The van der Waals surface area contributed by atoms with Gasteiger partial charge >= 0.3 is 12.2 Å². The van der Waals surface area contributed by atoms with Gasteiger partial charge in [0.1, 0.15) is 10.9 Å². The predicted molar refractivity (Wildman–Crippen MR) is 140 cm³/mol. The van der Waals surface area contributed by atoms with E-state index in [4.69, 9.17) is 32.5 Å². The van der Waals surface area contributed by atoms with E-state index in [1.54, 1.807) is 4.90 Å². The zero-order valence-corrected chi connectivity index (χ0v) is 22.9. The number of aromatic nitrogens is 2. The van der Waals surface area contributed by atoms with Gasteiger partial charge in [-0.1, -0.05) is 11.6 Å². The molecule has 40 heavy (non-hydrogen) atoms. The molecule has 0 bridgehead atoms. The van der Waals surface area contributed by atoms with Gasteiger partial charge in [0.15, 0.2) is 11.7 Å². The highest BCUT2D eigenvalue weighted by Crippen LogP contribution is 2.43. The quantitative estimate of drug-likeness (QED) is 0.200. The first kappa shape index (κ1) is 29.6. The molecule has 1 aromatic heterocycles. The van der Waals surface area contributed by atoms with Gasteiger partial charge in [-0.3, -0.25) is 0 Å². The second-order valence-corrected chi connectivity index (χ2v) is 11.1. The first-order valence-electron chi connectivity index (χ1n) is 11.8. The van der Waals surface area contributed by atoms with Crippen molar-refractivity contribution in [3.8, 4) is 6.01 Å². The lowest BCUT2D eigenvalue weighted by molar-refractivity contribution is -0.140. The number of anilines is 2. The van der Waals surface area contributed by atoms with Crippen LogP contribution in [0.25, 0.3) is 0 Å². The van der Waals surface area contributed by atoms with E-state index < -0.39 is 50.8 Å². The highest BCUT2D eigenvalue weighted by atomic mass is 35.5. The maximum absolute atomic E-state index is 14.9. The van der Waals surface area contributed by atoms with E-state index in [1.807, 2.05) is 0 Å². The average Bonchev–Trinajstić information content (AvgIpc) is 3.13. The Morgan fingerprint density at radius 2 is 2.05 bits per heavy atom. The lowest BCUT2D eigenvalue weighted by atomic mass is 9.94. The Bertz CT molecular complexity index is 1480. The molecule has 11 nitrogen and oxygen atoms in total. The Kier molecular flexibility index (Phi) is 8.33. The zero-order valence-electron chi connectivity index (χ0n) is 21.3. The normalized spacial score (nSPS) is 19.9. The molecule has 1 fully saturated rings. The summed E-state index contributed by atoms with van der Waals surface area (Å²) in [6.45, 7) is 0.768. The fourth-order valence-corrected chi connectivity index (χ4v) is 5.14. The van der Waals surface area contributed by atoms with E-state index in [1.165, 1.54) is 7.11 Å². The van der Waals surface area contributed by atoms with Gasteiger partial charge in [-0.05, 0) is 18.6 Å². The van der Waals surface area contributed by atoms with Gasteiger partial charge in [-0.15, -0.1) is 4.40 Å². The van der Waals surface area contributed by atoms with Crippen molar-refractivity contribution >= 4 is 39.0 Å². The number of amidine groups is 1. The first-order chi connectivity index (χ1) is 18.7. The standard InChI is InChI=1S/C23H26ClF4N7O4S/c1-38-22-32-14-8-16(17-12(23(26,27)28)4-5-13(29)19(17)25)39-10-11(14)21(33-22)35-7-3-6-31-15(9-35)18(24)20(30)34-40(2,36)37/h4-5,16,31H,3,6-10,29H2,1-2H3,(H2,30,34)/b18-15+. The van der Waals surface area contributed by atoms with Crippen LogP contribution in [0.1, 0.15) is 34.9 Å². The lowest BCUT2D eigenvalue weighted by Crippen LogP contribution is -2.32. The third-order valence-electron chi connectivity index (χ3n) is 6.22. The number of fused-ring (bicyclic) bond motifs is 1. The topological polar surface area (TPSA) is 158 Å². The zero-order chi connectivity index (χ0) is 29.4. The van der Waals surface area contributed by atoms with Crippen molar-refractivity contribution in [3.05, 3.63) is 51.1 Å². The summed E-state index contributed by atoms with van der Waals surface area (Å²) in [4.78, 5) is 10.6. The number of nitrogen functional groups attached to an aromatic ring is 1. The fourth-order valence-electron chi connectivity index (χ4n) is 4.48. The second-order valence-electron chi connectivity index (χ2n) is 9.09. The van der Waals surface area contributed by atoms with E-state index in [2.05, 4.69) is 19.7 Å². The molecule has 2 aliphatic rings. The number of methoxy groups -OCH3 is 1. The number of hydrogen-bond acceptors (Lipinski definition) is 9. The van der Waals surface area contributed by atoms with Gasteiger partial charge in [-0.25, -0.2) is 12.8 Å². The van der Waals surface area contributed by atoms with Crippen LogP contribution < -0.4 is 26.4 Å². The van der Waals surface area contributed by atoms with E-state index >= 15 is 0 Å². The third-order valence-corrected chi connectivity index (χ3v) is 7.17. The van der Waals surface area contributed by atoms with Gasteiger partial charge in [-0.2, -0.15) is 23.1 Å². The summed E-state index contributed by atoms with van der Waals surface area (Å²) >= 11 is 6.36. The van der Waals surface area contributed by atoms with Gasteiger partial charge in [0.05, 0.1) is 55.3 Å². The molecule has 3 heterocycles. The third kappa shape index (κ3) is 6.33. The first-order valence-corrected chi connectivity index (χ1v) is 14.1. The van der Waals surface area contributed by atoms with Crippen LogP contribution in [0.5, 0.6) is 6.01 Å². The minimum atomic E-state index is -4.84. The lowest BCUT2D eigenvalue weighted by Gasteiger charge is -2.31. The largest absolute Gasteiger partial charge is 0.467 e. The molecule has 0 radical (unpaired) electrons. The van der Waals surface area contributed by atoms with E-state index in [0.717, 1.165) is 18.4 Å². The van der Waals surface area contributed by atoms with Crippen LogP contribution in [0, 0.1) is 5.82 Å². The van der Waals surface area contributed by atoms with E-state index in [0.29, 0.717) is 42.3 Å². The molecule has 1 aromatic carbocycles. The van der Waals surface area contributed by atoms with Crippen molar-refractivity contribution in [2.45, 2.75) is 31.7 Å². The van der Waals surface area contributed by atoms with Crippen molar-refractivity contribution < 1.29 is 35.5 Å². The number of nitrogens with two attached hydrogens (primary N) is 2. The Morgan fingerprint density at radius 3 is 2.70 bits per heavy atom.